The van der Waals surface area contributed by atoms with Gasteiger partial charge in [-0.3, -0.25) is 0 Å². The van der Waals surface area contributed by atoms with Crippen LogP contribution in [0.5, 0.6) is 11.5 Å². The maximum absolute atomic E-state index is 5.74. The summed E-state index contributed by atoms with van der Waals surface area (Å²) in [5.41, 5.74) is 0.277. The fourth-order valence-corrected chi connectivity index (χ4v) is 2.17. The van der Waals surface area contributed by atoms with Crippen molar-refractivity contribution < 1.29 is 9.47 Å². The van der Waals surface area contributed by atoms with Gasteiger partial charge in [0, 0.05) is 19.0 Å². The number of benzene rings is 1. The summed E-state index contributed by atoms with van der Waals surface area (Å²) in [7, 11) is 1.65. The van der Waals surface area contributed by atoms with Crippen LogP contribution in [0.4, 0.5) is 0 Å². The van der Waals surface area contributed by atoms with Crippen LogP contribution in [0.3, 0.4) is 0 Å². The smallest absolute Gasteiger partial charge is 0.161 e. The number of hydrogen-bond acceptors (Lipinski definition) is 3. The number of halogens is 1. The molecule has 0 bridgehead atoms. The van der Waals surface area contributed by atoms with Crippen LogP contribution in [0.25, 0.3) is 0 Å². The van der Waals surface area contributed by atoms with Crippen LogP contribution in [0.2, 0.25) is 0 Å². The first-order chi connectivity index (χ1) is 9.59. The highest BCUT2D eigenvalue weighted by Gasteiger charge is 2.16. The Morgan fingerprint density at radius 3 is 2.55 bits per heavy atom. The molecule has 0 aliphatic rings. The standard InChI is InChI=1S/C16H26ClNO2/c1-16(2,9-6-10-17)13-18-11-12-20-15-8-5-4-7-14(15)19-3/h4-5,7-8,18H,6,9-13H2,1-3H3. The quantitative estimate of drug-likeness (QED) is 0.528. The number of para-hydroxylation sites is 2. The monoisotopic (exact) mass is 299 g/mol. The summed E-state index contributed by atoms with van der Waals surface area (Å²) in [5.74, 6) is 2.30. The van der Waals surface area contributed by atoms with E-state index >= 15 is 0 Å². The molecule has 3 nitrogen and oxygen atoms in total. The zero-order chi connectivity index (χ0) is 14.8. The van der Waals surface area contributed by atoms with Gasteiger partial charge in [-0.2, -0.15) is 0 Å². The molecule has 114 valence electrons. The van der Waals surface area contributed by atoms with Gasteiger partial charge < -0.3 is 14.8 Å². The third-order valence-electron chi connectivity index (χ3n) is 3.20. The number of ether oxygens (including phenoxy) is 2. The number of rotatable bonds is 10. The molecule has 1 aromatic carbocycles. The lowest BCUT2D eigenvalue weighted by Gasteiger charge is -2.24. The van der Waals surface area contributed by atoms with Crippen molar-refractivity contribution in [1.29, 1.82) is 0 Å². The minimum absolute atomic E-state index is 0.277. The summed E-state index contributed by atoms with van der Waals surface area (Å²) >= 11 is 5.74. The van der Waals surface area contributed by atoms with Gasteiger partial charge in [-0.1, -0.05) is 26.0 Å². The number of hydrogen-bond donors (Lipinski definition) is 1. The molecule has 0 saturated carbocycles. The summed E-state index contributed by atoms with van der Waals surface area (Å²) in [6.07, 6.45) is 2.20. The number of alkyl halides is 1. The van der Waals surface area contributed by atoms with Crippen molar-refractivity contribution in [3.05, 3.63) is 24.3 Å². The molecular weight excluding hydrogens is 274 g/mol. The van der Waals surface area contributed by atoms with Gasteiger partial charge in [0.05, 0.1) is 7.11 Å². The lowest BCUT2D eigenvalue weighted by molar-refractivity contribution is 0.268. The van der Waals surface area contributed by atoms with Crippen molar-refractivity contribution in [3.8, 4) is 11.5 Å². The van der Waals surface area contributed by atoms with Crippen LogP contribution in [0.15, 0.2) is 24.3 Å². The van der Waals surface area contributed by atoms with Gasteiger partial charge in [-0.15, -0.1) is 11.6 Å². The largest absolute Gasteiger partial charge is 0.493 e. The van der Waals surface area contributed by atoms with E-state index in [9.17, 15) is 0 Å². The van der Waals surface area contributed by atoms with Crippen molar-refractivity contribution in [1.82, 2.24) is 5.32 Å². The van der Waals surface area contributed by atoms with Crippen molar-refractivity contribution in [2.45, 2.75) is 26.7 Å². The van der Waals surface area contributed by atoms with Crippen LogP contribution in [-0.2, 0) is 0 Å². The van der Waals surface area contributed by atoms with Crippen molar-refractivity contribution in [2.75, 3.05) is 32.7 Å². The van der Waals surface area contributed by atoms with E-state index in [-0.39, 0.29) is 5.41 Å². The molecule has 0 aliphatic heterocycles. The van der Waals surface area contributed by atoms with Crippen LogP contribution in [0, 0.1) is 5.41 Å². The third kappa shape index (κ3) is 6.49. The Labute approximate surface area is 127 Å². The maximum atomic E-state index is 5.74. The first-order valence-corrected chi connectivity index (χ1v) is 7.65. The van der Waals surface area contributed by atoms with E-state index in [0.717, 1.165) is 43.3 Å². The fraction of sp³-hybridized carbons (Fsp3) is 0.625. The predicted molar refractivity (Wildman–Crippen MR) is 85.1 cm³/mol. The fourth-order valence-electron chi connectivity index (χ4n) is 2.03. The molecule has 1 rings (SSSR count). The molecule has 1 N–H and O–H groups in total. The zero-order valence-electron chi connectivity index (χ0n) is 12.7. The molecule has 0 radical (unpaired) electrons. The molecular formula is C16H26ClNO2. The van der Waals surface area contributed by atoms with E-state index in [1.165, 1.54) is 0 Å². The topological polar surface area (TPSA) is 30.5 Å². The molecule has 0 saturated heterocycles. The molecule has 0 spiro atoms. The second-order valence-electron chi connectivity index (χ2n) is 5.63. The number of methoxy groups -OCH3 is 1. The van der Waals surface area contributed by atoms with Crippen LogP contribution in [0.1, 0.15) is 26.7 Å². The molecule has 0 unspecified atom stereocenters. The van der Waals surface area contributed by atoms with E-state index in [0.29, 0.717) is 6.61 Å². The molecule has 0 aromatic heterocycles. The molecule has 0 aliphatic carbocycles. The summed E-state index contributed by atoms with van der Waals surface area (Å²) in [5, 5.41) is 3.43. The summed E-state index contributed by atoms with van der Waals surface area (Å²) < 4.78 is 11.0. The van der Waals surface area contributed by atoms with Gasteiger partial charge in [-0.25, -0.2) is 0 Å². The SMILES string of the molecule is COc1ccccc1OCCNCC(C)(C)CCCCl. The Bertz CT molecular complexity index is 382. The highest BCUT2D eigenvalue weighted by atomic mass is 35.5. The van der Waals surface area contributed by atoms with Gasteiger partial charge in [0.25, 0.3) is 0 Å². The predicted octanol–water partition coefficient (Wildman–Crippen LogP) is 3.71. The van der Waals surface area contributed by atoms with Crippen LogP contribution in [-0.4, -0.2) is 32.7 Å². The first kappa shape index (κ1) is 17.1. The van der Waals surface area contributed by atoms with Crippen molar-refractivity contribution in [2.24, 2.45) is 5.41 Å². The Morgan fingerprint density at radius 1 is 1.20 bits per heavy atom. The normalized spacial score (nSPS) is 11.4. The first-order valence-electron chi connectivity index (χ1n) is 7.11. The zero-order valence-corrected chi connectivity index (χ0v) is 13.5. The van der Waals surface area contributed by atoms with E-state index in [4.69, 9.17) is 21.1 Å². The van der Waals surface area contributed by atoms with Gasteiger partial charge in [0.1, 0.15) is 6.61 Å². The summed E-state index contributed by atoms with van der Waals surface area (Å²) in [6, 6.07) is 7.70. The molecule has 20 heavy (non-hydrogen) atoms. The third-order valence-corrected chi connectivity index (χ3v) is 3.46. The van der Waals surface area contributed by atoms with E-state index < -0.39 is 0 Å². The highest BCUT2D eigenvalue weighted by Crippen LogP contribution is 2.25. The minimum Gasteiger partial charge on any atom is -0.493 e. The highest BCUT2D eigenvalue weighted by molar-refractivity contribution is 6.17. The van der Waals surface area contributed by atoms with Gasteiger partial charge >= 0.3 is 0 Å². The molecule has 0 heterocycles. The lowest BCUT2D eigenvalue weighted by Crippen LogP contribution is -2.32. The Hall–Kier alpha value is -0.930. The summed E-state index contributed by atoms with van der Waals surface area (Å²) in [4.78, 5) is 0. The Balaban J connectivity index is 2.22. The van der Waals surface area contributed by atoms with Gasteiger partial charge in [0.15, 0.2) is 11.5 Å². The van der Waals surface area contributed by atoms with Gasteiger partial charge in [-0.05, 0) is 30.4 Å². The second-order valence-corrected chi connectivity index (χ2v) is 6.01. The van der Waals surface area contributed by atoms with Crippen molar-refractivity contribution in [3.63, 3.8) is 0 Å². The summed E-state index contributed by atoms with van der Waals surface area (Å²) in [6.45, 7) is 6.94. The van der Waals surface area contributed by atoms with Crippen LogP contribution < -0.4 is 14.8 Å². The van der Waals surface area contributed by atoms with Crippen molar-refractivity contribution >= 4 is 11.6 Å². The molecule has 1 aromatic rings. The Morgan fingerprint density at radius 2 is 1.90 bits per heavy atom. The van der Waals surface area contributed by atoms with Gasteiger partial charge in [0.2, 0.25) is 0 Å². The maximum Gasteiger partial charge on any atom is 0.161 e. The van der Waals surface area contributed by atoms with E-state index in [2.05, 4.69) is 19.2 Å². The molecule has 0 atom stereocenters. The van der Waals surface area contributed by atoms with E-state index in [1.807, 2.05) is 24.3 Å². The minimum atomic E-state index is 0.277. The van der Waals surface area contributed by atoms with E-state index in [1.54, 1.807) is 7.11 Å². The average molecular weight is 300 g/mol. The lowest BCUT2D eigenvalue weighted by atomic mass is 9.88. The Kier molecular flexibility index (Phi) is 7.78. The average Bonchev–Trinajstić information content (AvgIpc) is 2.45. The molecule has 0 amide bonds. The molecule has 0 fully saturated rings. The van der Waals surface area contributed by atoms with Crippen LogP contribution >= 0.6 is 11.6 Å². The second kappa shape index (κ2) is 9.09. The number of nitrogens with one attached hydrogen (secondary N) is 1. The molecule has 4 heteroatoms.